The molecule has 5 nitrogen and oxygen atoms in total. The number of hydrogen-bond acceptors (Lipinski definition) is 4. The Balaban J connectivity index is 0.00000109. The first-order chi connectivity index (χ1) is 21.9. The number of carbonyl (C=O) groups is 2. The number of Topliss-reactive ketones (excluding diaryl/α,β-unsaturated/α-hetero) is 1. The maximum atomic E-state index is 13.2. The molecular weight excluding hydrogens is 554 g/mol. The summed E-state index contributed by atoms with van der Waals surface area (Å²) in [4.78, 5) is 25.5. The molecule has 1 atom stereocenters. The maximum Gasteiger partial charge on any atom is 0.256 e. The number of amides is 1. The Bertz CT molecular complexity index is 1470. The average molecular weight is 604 g/mol. The van der Waals surface area contributed by atoms with Crippen LogP contribution in [0.2, 0.25) is 0 Å². The molecule has 0 aliphatic heterocycles. The molecule has 1 saturated carbocycles. The maximum absolute atomic E-state index is 13.2. The number of nitrogens with one attached hydrogen (secondary N) is 3. The van der Waals surface area contributed by atoms with Gasteiger partial charge in [0.1, 0.15) is 0 Å². The minimum atomic E-state index is -0.248. The van der Waals surface area contributed by atoms with Gasteiger partial charge in [0.15, 0.2) is 5.78 Å². The molecule has 0 saturated heterocycles. The Morgan fingerprint density at radius 3 is 1.87 bits per heavy atom. The van der Waals surface area contributed by atoms with Crippen LogP contribution in [-0.2, 0) is 11.2 Å². The summed E-state index contributed by atoms with van der Waals surface area (Å²) in [5.41, 5.74) is 6.73. The lowest BCUT2D eigenvalue weighted by Gasteiger charge is -2.32. The molecule has 4 aromatic rings. The Morgan fingerprint density at radius 1 is 0.689 bits per heavy atom. The molecule has 3 N–H and O–H groups in total. The SMILES string of the molecule is CCCC.CCc1ccc(-c2ccccc2C(=O)Nc2ccc(NC3CCC(NC(C(C)=O)c4ccccc4)CC3)cc2)cc1. The zero-order valence-electron chi connectivity index (χ0n) is 27.3. The third-order valence-corrected chi connectivity index (χ3v) is 8.53. The highest BCUT2D eigenvalue weighted by molar-refractivity contribution is 6.08. The van der Waals surface area contributed by atoms with Gasteiger partial charge in [-0.05, 0) is 91.6 Å². The van der Waals surface area contributed by atoms with E-state index in [1.165, 1.54) is 18.4 Å². The molecule has 1 aliphatic carbocycles. The second-order valence-electron chi connectivity index (χ2n) is 11.9. The van der Waals surface area contributed by atoms with Crippen LogP contribution < -0.4 is 16.0 Å². The van der Waals surface area contributed by atoms with E-state index in [0.29, 0.717) is 17.6 Å². The zero-order valence-corrected chi connectivity index (χ0v) is 27.3. The van der Waals surface area contributed by atoms with Crippen molar-refractivity contribution < 1.29 is 9.59 Å². The third kappa shape index (κ3) is 9.89. The number of unbranched alkanes of at least 4 members (excludes halogenated alkanes) is 1. The fraction of sp³-hybridized carbons (Fsp3) is 0.350. The van der Waals surface area contributed by atoms with Crippen molar-refractivity contribution in [3.8, 4) is 11.1 Å². The van der Waals surface area contributed by atoms with E-state index in [2.05, 4.69) is 61.0 Å². The molecule has 0 bridgehead atoms. The van der Waals surface area contributed by atoms with Crippen LogP contribution >= 0.6 is 0 Å². The van der Waals surface area contributed by atoms with E-state index in [0.717, 1.165) is 60.2 Å². The van der Waals surface area contributed by atoms with Gasteiger partial charge in [0.25, 0.3) is 5.91 Å². The number of benzene rings is 4. The Kier molecular flexibility index (Phi) is 13.0. The molecular formula is C40H49N3O2. The van der Waals surface area contributed by atoms with Gasteiger partial charge >= 0.3 is 0 Å². The molecule has 236 valence electrons. The Hall–Kier alpha value is -4.22. The molecule has 0 radical (unpaired) electrons. The van der Waals surface area contributed by atoms with Crippen LogP contribution in [-0.4, -0.2) is 23.8 Å². The summed E-state index contributed by atoms with van der Waals surface area (Å²) in [6.07, 6.45) is 7.73. The topological polar surface area (TPSA) is 70.2 Å². The molecule has 1 amide bonds. The zero-order chi connectivity index (χ0) is 32.0. The molecule has 1 aliphatic rings. The van der Waals surface area contributed by atoms with Crippen molar-refractivity contribution in [1.82, 2.24) is 5.32 Å². The quantitative estimate of drug-likeness (QED) is 0.160. The van der Waals surface area contributed by atoms with Crippen molar-refractivity contribution in [2.45, 2.75) is 90.8 Å². The summed E-state index contributed by atoms with van der Waals surface area (Å²) in [5.74, 6) is 0.0313. The fourth-order valence-electron chi connectivity index (χ4n) is 5.67. The summed E-state index contributed by atoms with van der Waals surface area (Å²) in [6, 6.07) is 34.5. The lowest BCUT2D eigenvalue weighted by molar-refractivity contribution is -0.119. The third-order valence-electron chi connectivity index (χ3n) is 8.53. The largest absolute Gasteiger partial charge is 0.382 e. The number of rotatable bonds is 11. The first-order valence-electron chi connectivity index (χ1n) is 16.6. The van der Waals surface area contributed by atoms with Crippen LogP contribution in [0.1, 0.15) is 93.7 Å². The second-order valence-corrected chi connectivity index (χ2v) is 11.9. The van der Waals surface area contributed by atoms with Crippen molar-refractivity contribution >= 4 is 23.1 Å². The van der Waals surface area contributed by atoms with Gasteiger partial charge in [-0.1, -0.05) is 106 Å². The van der Waals surface area contributed by atoms with Crippen LogP contribution in [0.25, 0.3) is 11.1 Å². The van der Waals surface area contributed by atoms with Gasteiger partial charge in [-0.3, -0.25) is 9.59 Å². The molecule has 0 heterocycles. The van der Waals surface area contributed by atoms with Crippen molar-refractivity contribution in [3.05, 3.63) is 120 Å². The Morgan fingerprint density at radius 2 is 1.27 bits per heavy atom. The average Bonchev–Trinajstić information content (AvgIpc) is 3.09. The first kappa shape index (κ1) is 33.7. The van der Waals surface area contributed by atoms with Crippen molar-refractivity contribution in [2.75, 3.05) is 10.6 Å². The van der Waals surface area contributed by atoms with E-state index >= 15 is 0 Å². The standard InChI is InChI=1S/C36H39N3O2.C4H10/c1-3-26-13-15-27(16-14-26)33-11-7-8-12-34(33)36(41)39-32-23-19-30(20-24-32)37-29-17-21-31(22-18-29)38-35(25(2)40)28-9-5-4-6-10-28;1-3-4-2/h4-16,19-20,23-24,29,31,35,37-38H,3,17-18,21-22H2,1-2H3,(H,39,41);3-4H2,1-2H3. The summed E-state index contributed by atoms with van der Waals surface area (Å²) in [6.45, 7) is 8.16. The molecule has 45 heavy (non-hydrogen) atoms. The highest BCUT2D eigenvalue weighted by Crippen LogP contribution is 2.27. The monoisotopic (exact) mass is 603 g/mol. The summed E-state index contributed by atoms with van der Waals surface area (Å²) < 4.78 is 0. The minimum Gasteiger partial charge on any atom is -0.382 e. The second kappa shape index (κ2) is 17.3. The van der Waals surface area contributed by atoms with E-state index in [9.17, 15) is 9.59 Å². The highest BCUT2D eigenvalue weighted by atomic mass is 16.1. The summed E-state index contributed by atoms with van der Waals surface area (Å²) in [7, 11) is 0. The predicted molar refractivity (Wildman–Crippen MR) is 189 cm³/mol. The van der Waals surface area contributed by atoms with Gasteiger partial charge in [0, 0.05) is 29.0 Å². The van der Waals surface area contributed by atoms with E-state index in [4.69, 9.17) is 0 Å². The van der Waals surface area contributed by atoms with Gasteiger partial charge < -0.3 is 16.0 Å². The van der Waals surface area contributed by atoms with E-state index in [-0.39, 0.29) is 17.7 Å². The molecule has 5 rings (SSSR count). The van der Waals surface area contributed by atoms with Crippen LogP contribution in [0, 0.1) is 0 Å². The number of aryl methyl sites for hydroxylation is 1. The van der Waals surface area contributed by atoms with Gasteiger partial charge in [0.2, 0.25) is 0 Å². The minimum absolute atomic E-state index is 0.119. The number of hydrogen-bond donors (Lipinski definition) is 3. The van der Waals surface area contributed by atoms with Gasteiger partial charge in [-0.2, -0.15) is 0 Å². The lowest BCUT2D eigenvalue weighted by Crippen LogP contribution is -2.40. The van der Waals surface area contributed by atoms with Crippen molar-refractivity contribution in [3.63, 3.8) is 0 Å². The Labute approximate surface area is 269 Å². The predicted octanol–water partition coefficient (Wildman–Crippen LogP) is 9.62. The smallest absolute Gasteiger partial charge is 0.256 e. The molecule has 0 spiro atoms. The van der Waals surface area contributed by atoms with E-state index in [1.54, 1.807) is 6.92 Å². The van der Waals surface area contributed by atoms with E-state index in [1.807, 2.05) is 78.9 Å². The normalized spacial score (nSPS) is 16.5. The van der Waals surface area contributed by atoms with E-state index < -0.39 is 0 Å². The summed E-state index contributed by atoms with van der Waals surface area (Å²) in [5, 5.41) is 10.3. The highest BCUT2D eigenvalue weighted by Gasteiger charge is 2.25. The van der Waals surface area contributed by atoms with Crippen molar-refractivity contribution in [1.29, 1.82) is 0 Å². The molecule has 4 aromatic carbocycles. The number of carbonyl (C=O) groups excluding carboxylic acids is 2. The van der Waals surface area contributed by atoms with Gasteiger partial charge in [0.05, 0.1) is 6.04 Å². The van der Waals surface area contributed by atoms with Gasteiger partial charge in [-0.15, -0.1) is 0 Å². The molecule has 1 unspecified atom stereocenters. The number of anilines is 2. The molecule has 0 aromatic heterocycles. The summed E-state index contributed by atoms with van der Waals surface area (Å²) >= 11 is 0. The first-order valence-corrected chi connectivity index (χ1v) is 16.6. The van der Waals surface area contributed by atoms with Gasteiger partial charge in [-0.25, -0.2) is 0 Å². The van der Waals surface area contributed by atoms with Crippen LogP contribution in [0.4, 0.5) is 11.4 Å². The molecule has 1 fully saturated rings. The lowest BCUT2D eigenvalue weighted by atomic mass is 9.89. The van der Waals surface area contributed by atoms with Crippen LogP contribution in [0.15, 0.2) is 103 Å². The van der Waals surface area contributed by atoms with Crippen LogP contribution in [0.3, 0.4) is 0 Å². The van der Waals surface area contributed by atoms with Crippen LogP contribution in [0.5, 0.6) is 0 Å². The van der Waals surface area contributed by atoms with Crippen molar-refractivity contribution in [2.24, 2.45) is 0 Å². The number of ketones is 1. The molecule has 5 heteroatoms. The fourth-order valence-corrected chi connectivity index (χ4v) is 5.67.